The van der Waals surface area contributed by atoms with Crippen molar-refractivity contribution in [1.29, 1.82) is 0 Å². The summed E-state index contributed by atoms with van der Waals surface area (Å²) < 4.78 is 5.51. The van der Waals surface area contributed by atoms with Gasteiger partial charge in [0, 0.05) is 18.0 Å². The van der Waals surface area contributed by atoms with Crippen LogP contribution < -0.4 is 0 Å². The zero-order valence-corrected chi connectivity index (χ0v) is 13.0. The van der Waals surface area contributed by atoms with Crippen molar-refractivity contribution in [2.24, 2.45) is 10.6 Å². The van der Waals surface area contributed by atoms with Gasteiger partial charge in [-0.1, -0.05) is 18.5 Å². The minimum absolute atomic E-state index is 0.0887. The molecule has 1 N–H and O–H groups in total. The number of carbonyl (C=O) groups is 1. The first-order valence-corrected chi connectivity index (χ1v) is 7.49. The number of nitrogens with zero attached hydrogens (tertiary/aromatic N) is 2. The molecule has 0 aromatic heterocycles. The molecule has 1 aliphatic carbocycles. The number of fused-ring (bicyclic) bond motifs is 1. The molecule has 0 radical (unpaired) electrons. The fraction of sp³-hybridized carbons (Fsp3) is 0.867. The molecule has 2 unspecified atom stereocenters. The van der Waals surface area contributed by atoms with Crippen LogP contribution in [-0.4, -0.2) is 40.1 Å². The molecule has 5 heteroatoms. The van der Waals surface area contributed by atoms with Gasteiger partial charge in [0.15, 0.2) is 0 Å². The second kappa shape index (κ2) is 5.26. The van der Waals surface area contributed by atoms with E-state index in [-0.39, 0.29) is 17.6 Å². The van der Waals surface area contributed by atoms with Gasteiger partial charge in [0.25, 0.3) is 0 Å². The molecule has 0 bridgehead atoms. The number of carbonyl (C=O) groups excluding carboxylic acids is 1. The van der Waals surface area contributed by atoms with Crippen molar-refractivity contribution in [2.45, 2.75) is 71.4 Å². The van der Waals surface area contributed by atoms with Crippen LogP contribution in [0.2, 0.25) is 0 Å². The van der Waals surface area contributed by atoms with E-state index in [0.29, 0.717) is 6.54 Å². The lowest BCUT2D eigenvalue weighted by Crippen LogP contribution is -2.46. The van der Waals surface area contributed by atoms with Gasteiger partial charge in [0.05, 0.1) is 5.71 Å². The van der Waals surface area contributed by atoms with Crippen LogP contribution in [0.5, 0.6) is 0 Å². The topological polar surface area (TPSA) is 62.1 Å². The predicted molar refractivity (Wildman–Crippen MR) is 77.1 cm³/mol. The molecular weight excluding hydrogens is 256 g/mol. The number of hydrogen-bond donors (Lipinski definition) is 1. The average Bonchev–Trinajstić information content (AvgIpc) is 2.57. The fourth-order valence-corrected chi connectivity index (χ4v) is 3.45. The van der Waals surface area contributed by atoms with E-state index < -0.39 is 5.60 Å². The maximum Gasteiger partial charge on any atom is 0.410 e. The molecule has 2 fully saturated rings. The normalized spacial score (nSPS) is 32.9. The van der Waals surface area contributed by atoms with Crippen molar-refractivity contribution in [3.8, 4) is 0 Å². The molecule has 1 saturated heterocycles. The molecule has 0 spiro atoms. The van der Waals surface area contributed by atoms with E-state index >= 15 is 0 Å². The van der Waals surface area contributed by atoms with Crippen LogP contribution >= 0.6 is 0 Å². The van der Waals surface area contributed by atoms with Crippen LogP contribution in [0.3, 0.4) is 0 Å². The summed E-state index contributed by atoms with van der Waals surface area (Å²) >= 11 is 0. The molecule has 1 amide bonds. The molecule has 20 heavy (non-hydrogen) atoms. The van der Waals surface area contributed by atoms with Gasteiger partial charge in [-0.15, -0.1) is 0 Å². The Kier molecular flexibility index (Phi) is 3.98. The molecule has 0 aromatic rings. The summed E-state index contributed by atoms with van der Waals surface area (Å²) in [6.45, 7) is 8.44. The van der Waals surface area contributed by atoms with Crippen LogP contribution in [-0.2, 0) is 4.74 Å². The summed E-state index contributed by atoms with van der Waals surface area (Å²) in [5.74, 6) is 0. The first-order valence-electron chi connectivity index (χ1n) is 7.49. The number of hydrogen-bond acceptors (Lipinski definition) is 4. The molecular formula is C15H26N2O3. The van der Waals surface area contributed by atoms with Crippen LogP contribution in [0, 0.1) is 5.41 Å². The first-order chi connectivity index (χ1) is 9.28. The Labute approximate surface area is 121 Å². The van der Waals surface area contributed by atoms with E-state index in [9.17, 15) is 10.0 Å². The van der Waals surface area contributed by atoms with Gasteiger partial charge < -0.3 is 14.8 Å². The third-order valence-electron chi connectivity index (χ3n) is 4.53. The van der Waals surface area contributed by atoms with Crippen molar-refractivity contribution in [3.63, 3.8) is 0 Å². The van der Waals surface area contributed by atoms with E-state index in [1.807, 2.05) is 25.7 Å². The van der Waals surface area contributed by atoms with Gasteiger partial charge in [0.1, 0.15) is 5.60 Å². The maximum absolute atomic E-state index is 12.4. The lowest BCUT2D eigenvalue weighted by Gasteiger charge is -2.34. The third kappa shape index (κ3) is 2.76. The number of likely N-dealkylation sites (tertiary alicyclic amines) is 1. The highest BCUT2D eigenvalue weighted by molar-refractivity contribution is 5.91. The highest BCUT2D eigenvalue weighted by Crippen LogP contribution is 2.44. The monoisotopic (exact) mass is 282 g/mol. The Morgan fingerprint density at radius 2 is 2.15 bits per heavy atom. The fourth-order valence-electron chi connectivity index (χ4n) is 3.45. The lowest BCUT2D eigenvalue weighted by atomic mass is 9.77. The quantitative estimate of drug-likeness (QED) is 0.547. The molecule has 1 heterocycles. The molecule has 1 aliphatic heterocycles. The molecule has 114 valence electrons. The summed E-state index contributed by atoms with van der Waals surface area (Å²) in [4.78, 5) is 14.2. The largest absolute Gasteiger partial charge is 0.444 e. The van der Waals surface area contributed by atoms with E-state index in [1.165, 1.54) is 0 Å². The highest BCUT2D eigenvalue weighted by atomic mass is 16.6. The second-order valence-corrected chi connectivity index (χ2v) is 7.15. The van der Waals surface area contributed by atoms with E-state index in [4.69, 9.17) is 4.74 Å². The van der Waals surface area contributed by atoms with Crippen LogP contribution in [0.4, 0.5) is 4.79 Å². The van der Waals surface area contributed by atoms with Crippen molar-refractivity contribution in [2.75, 3.05) is 6.54 Å². The Bertz CT molecular complexity index is 414. The van der Waals surface area contributed by atoms with Crippen molar-refractivity contribution >= 4 is 11.8 Å². The predicted octanol–water partition coefficient (Wildman–Crippen LogP) is 3.41. The first kappa shape index (κ1) is 15.1. The maximum atomic E-state index is 12.4. The molecule has 1 saturated carbocycles. The lowest BCUT2D eigenvalue weighted by molar-refractivity contribution is 0.0188. The summed E-state index contributed by atoms with van der Waals surface area (Å²) in [7, 11) is 0. The molecule has 2 atom stereocenters. The van der Waals surface area contributed by atoms with Gasteiger partial charge in [-0.2, -0.15) is 0 Å². The summed E-state index contributed by atoms with van der Waals surface area (Å²) in [5, 5.41) is 12.8. The number of amides is 1. The van der Waals surface area contributed by atoms with Crippen LogP contribution in [0.1, 0.15) is 59.8 Å². The Hall–Kier alpha value is -1.26. The Balaban J connectivity index is 2.21. The SMILES string of the molecule is CC(C)(C)OC(=O)N1CCC2(C)/C(=N/O)CCCCC12. The van der Waals surface area contributed by atoms with Crippen molar-refractivity contribution < 1.29 is 14.7 Å². The van der Waals surface area contributed by atoms with Crippen molar-refractivity contribution in [3.05, 3.63) is 0 Å². The van der Waals surface area contributed by atoms with Gasteiger partial charge in [-0.3, -0.25) is 0 Å². The van der Waals surface area contributed by atoms with E-state index in [2.05, 4.69) is 12.1 Å². The summed E-state index contributed by atoms with van der Waals surface area (Å²) in [6.07, 6.45) is 4.45. The summed E-state index contributed by atoms with van der Waals surface area (Å²) in [6, 6.07) is 0.0887. The molecule has 2 aliphatic rings. The Morgan fingerprint density at radius 1 is 1.45 bits per heavy atom. The average molecular weight is 282 g/mol. The highest BCUT2D eigenvalue weighted by Gasteiger charge is 2.50. The second-order valence-electron chi connectivity index (χ2n) is 7.15. The number of rotatable bonds is 0. The van der Waals surface area contributed by atoms with Crippen LogP contribution in [0.15, 0.2) is 5.16 Å². The smallest absolute Gasteiger partial charge is 0.410 e. The third-order valence-corrected chi connectivity index (χ3v) is 4.53. The van der Waals surface area contributed by atoms with E-state index in [1.54, 1.807) is 0 Å². The zero-order valence-electron chi connectivity index (χ0n) is 13.0. The van der Waals surface area contributed by atoms with Crippen molar-refractivity contribution in [1.82, 2.24) is 4.90 Å². The molecule has 5 nitrogen and oxygen atoms in total. The zero-order chi connectivity index (χ0) is 15.0. The van der Waals surface area contributed by atoms with Gasteiger partial charge in [0.2, 0.25) is 0 Å². The Morgan fingerprint density at radius 3 is 2.75 bits per heavy atom. The summed E-state index contributed by atoms with van der Waals surface area (Å²) in [5.41, 5.74) is 0.155. The minimum Gasteiger partial charge on any atom is -0.444 e. The minimum atomic E-state index is -0.477. The number of ether oxygens (including phenoxy) is 1. The van der Waals surface area contributed by atoms with Gasteiger partial charge in [-0.25, -0.2) is 4.79 Å². The van der Waals surface area contributed by atoms with Gasteiger partial charge in [-0.05, 0) is 46.5 Å². The van der Waals surface area contributed by atoms with E-state index in [0.717, 1.165) is 37.8 Å². The molecule has 2 rings (SSSR count). The number of oxime groups is 1. The molecule has 0 aromatic carbocycles. The van der Waals surface area contributed by atoms with Gasteiger partial charge >= 0.3 is 6.09 Å². The standard InChI is InChI=1S/C15H26N2O3/c1-14(2,3)20-13(18)17-10-9-15(4)11(16-19)7-5-6-8-12(15)17/h12,19H,5-10H2,1-4H3/b16-11+. The van der Waals surface area contributed by atoms with Crippen LogP contribution in [0.25, 0.3) is 0 Å².